The Labute approximate surface area is 232 Å². The Morgan fingerprint density at radius 3 is 2.23 bits per heavy atom. The summed E-state index contributed by atoms with van der Waals surface area (Å²) < 4.78 is 16.0. The topological polar surface area (TPSA) is 98.3 Å². The lowest BCUT2D eigenvalue weighted by Gasteiger charge is -2.24. The maximum atomic E-state index is 13.7. The van der Waals surface area contributed by atoms with Gasteiger partial charge in [0.25, 0.3) is 0 Å². The highest BCUT2D eigenvalue weighted by molar-refractivity contribution is 6.08. The summed E-state index contributed by atoms with van der Waals surface area (Å²) in [6, 6.07) is 31.1. The number of hydrogen-bond donors (Lipinski definition) is 2. The summed E-state index contributed by atoms with van der Waals surface area (Å²) in [6.07, 6.45) is -0.389. The van der Waals surface area contributed by atoms with Crippen molar-refractivity contribution >= 4 is 23.6 Å². The molecule has 1 aliphatic rings. The number of nitrogens with one attached hydrogen (secondary N) is 2. The number of aryl methyl sites for hydroxylation is 1. The van der Waals surface area contributed by atoms with E-state index in [4.69, 9.17) is 14.5 Å². The van der Waals surface area contributed by atoms with Crippen molar-refractivity contribution in [1.29, 1.82) is 0 Å². The Balaban J connectivity index is 1.55. The molecule has 202 valence electrons. The molecule has 0 unspecified atom stereocenters. The van der Waals surface area contributed by atoms with Crippen molar-refractivity contribution in [3.63, 3.8) is 0 Å². The van der Waals surface area contributed by atoms with Crippen LogP contribution in [0.15, 0.2) is 102 Å². The average Bonchev–Trinajstić information content (AvgIpc) is 3.33. The SMILES string of the molecule is COC(=O)NNc1ccc([C@@]2(Cc3ccc(-c4ccccc4)cc3)N=C(c3ccc(C)cc3)OC2=O)cc1OC. The Morgan fingerprint density at radius 1 is 0.875 bits per heavy atom. The monoisotopic (exact) mass is 535 g/mol. The first-order chi connectivity index (χ1) is 19.4. The smallest absolute Gasteiger partial charge is 0.425 e. The number of rotatable bonds is 8. The van der Waals surface area contributed by atoms with Crippen LogP contribution in [0, 0.1) is 6.92 Å². The van der Waals surface area contributed by atoms with E-state index in [-0.39, 0.29) is 12.3 Å². The number of anilines is 1. The molecule has 5 rings (SSSR count). The van der Waals surface area contributed by atoms with E-state index in [0.717, 1.165) is 22.3 Å². The van der Waals surface area contributed by atoms with Crippen molar-refractivity contribution < 1.29 is 23.8 Å². The standard InChI is InChI=1S/C32H29N3O5/c1-21-9-13-25(14-10-21)29-33-32(30(36)40-29,20-22-11-15-24(16-12-22)23-7-5-4-6-8-23)26-17-18-27(28(19-26)38-2)34-35-31(37)39-3/h4-19,34H,20H2,1-3H3,(H,35,37)/t32-/m1/s1. The van der Waals surface area contributed by atoms with Crippen LogP contribution in [0.2, 0.25) is 0 Å². The molecule has 1 atom stereocenters. The first-order valence-corrected chi connectivity index (χ1v) is 12.7. The fraction of sp³-hybridized carbons (Fsp3) is 0.156. The van der Waals surface area contributed by atoms with Crippen molar-refractivity contribution in [2.24, 2.45) is 4.99 Å². The number of amides is 1. The van der Waals surface area contributed by atoms with Crippen LogP contribution in [0.3, 0.4) is 0 Å². The fourth-order valence-electron chi connectivity index (χ4n) is 4.59. The molecule has 0 bridgehead atoms. The maximum absolute atomic E-state index is 13.7. The Morgan fingerprint density at radius 2 is 1.55 bits per heavy atom. The van der Waals surface area contributed by atoms with Crippen LogP contribution < -0.4 is 15.6 Å². The van der Waals surface area contributed by atoms with E-state index in [9.17, 15) is 9.59 Å². The highest BCUT2D eigenvalue weighted by Crippen LogP contribution is 2.40. The first kappa shape index (κ1) is 26.5. The van der Waals surface area contributed by atoms with E-state index in [1.54, 1.807) is 18.2 Å². The Bertz CT molecular complexity index is 1550. The third kappa shape index (κ3) is 5.37. The lowest BCUT2D eigenvalue weighted by molar-refractivity contribution is -0.139. The zero-order chi connectivity index (χ0) is 28.1. The largest absolute Gasteiger partial charge is 0.495 e. The van der Waals surface area contributed by atoms with E-state index < -0.39 is 17.6 Å². The normalized spacial score (nSPS) is 16.1. The summed E-state index contributed by atoms with van der Waals surface area (Å²) >= 11 is 0. The van der Waals surface area contributed by atoms with Gasteiger partial charge in [-0.1, -0.05) is 78.4 Å². The van der Waals surface area contributed by atoms with Gasteiger partial charge in [0.1, 0.15) is 5.75 Å². The van der Waals surface area contributed by atoms with Crippen LogP contribution in [0.4, 0.5) is 10.5 Å². The van der Waals surface area contributed by atoms with Gasteiger partial charge in [0.05, 0.1) is 19.9 Å². The maximum Gasteiger partial charge on any atom is 0.425 e. The molecule has 8 heteroatoms. The first-order valence-electron chi connectivity index (χ1n) is 12.7. The minimum atomic E-state index is -1.35. The van der Waals surface area contributed by atoms with Crippen molar-refractivity contribution in [2.45, 2.75) is 18.9 Å². The number of hydrazine groups is 1. The van der Waals surface area contributed by atoms with Gasteiger partial charge in [-0.2, -0.15) is 0 Å². The second kappa shape index (κ2) is 11.3. The van der Waals surface area contributed by atoms with Gasteiger partial charge < -0.3 is 14.2 Å². The fourth-order valence-corrected chi connectivity index (χ4v) is 4.59. The van der Waals surface area contributed by atoms with Crippen molar-refractivity contribution in [2.75, 3.05) is 19.6 Å². The predicted octanol–water partition coefficient (Wildman–Crippen LogP) is 5.80. The van der Waals surface area contributed by atoms with Gasteiger partial charge in [-0.3, -0.25) is 5.43 Å². The average molecular weight is 536 g/mol. The molecule has 0 aromatic heterocycles. The molecule has 1 heterocycles. The Kier molecular flexibility index (Phi) is 7.50. The predicted molar refractivity (Wildman–Crippen MR) is 153 cm³/mol. The highest BCUT2D eigenvalue weighted by atomic mass is 16.6. The molecule has 1 aliphatic heterocycles. The minimum absolute atomic E-state index is 0.263. The molecule has 0 spiro atoms. The van der Waals surface area contributed by atoms with Crippen molar-refractivity contribution in [3.8, 4) is 16.9 Å². The van der Waals surface area contributed by atoms with Gasteiger partial charge >= 0.3 is 12.1 Å². The highest BCUT2D eigenvalue weighted by Gasteiger charge is 2.48. The number of methoxy groups -OCH3 is 2. The number of esters is 1. The number of carbonyl (C=O) groups is 2. The van der Waals surface area contributed by atoms with Gasteiger partial charge in [-0.15, -0.1) is 0 Å². The summed E-state index contributed by atoms with van der Waals surface area (Å²) in [5.41, 5.74) is 9.80. The number of aliphatic imine (C=N–C) groups is 1. The summed E-state index contributed by atoms with van der Waals surface area (Å²) in [6.45, 7) is 1.99. The van der Waals surface area contributed by atoms with Crippen LogP contribution in [-0.4, -0.2) is 32.2 Å². The van der Waals surface area contributed by atoms with Crippen LogP contribution >= 0.6 is 0 Å². The van der Waals surface area contributed by atoms with E-state index in [0.29, 0.717) is 22.6 Å². The van der Waals surface area contributed by atoms with Crippen molar-refractivity contribution in [3.05, 3.63) is 119 Å². The summed E-state index contributed by atoms with van der Waals surface area (Å²) in [5, 5.41) is 0. The lowest BCUT2D eigenvalue weighted by Crippen LogP contribution is -2.34. The van der Waals surface area contributed by atoms with Gasteiger partial charge in [0.15, 0.2) is 5.54 Å². The van der Waals surface area contributed by atoms with Crippen LogP contribution in [-0.2, 0) is 26.2 Å². The molecule has 2 N–H and O–H groups in total. The van der Waals surface area contributed by atoms with E-state index in [1.165, 1.54) is 14.2 Å². The second-order valence-corrected chi connectivity index (χ2v) is 9.43. The molecule has 4 aromatic rings. The summed E-state index contributed by atoms with van der Waals surface area (Å²) in [4.78, 5) is 30.2. The third-order valence-corrected chi connectivity index (χ3v) is 6.80. The third-order valence-electron chi connectivity index (χ3n) is 6.80. The number of ether oxygens (including phenoxy) is 3. The molecule has 4 aromatic carbocycles. The molecule has 0 saturated carbocycles. The molecule has 0 fully saturated rings. The zero-order valence-corrected chi connectivity index (χ0v) is 22.4. The van der Waals surface area contributed by atoms with E-state index in [1.807, 2.05) is 73.7 Å². The number of hydrogen-bond acceptors (Lipinski definition) is 7. The Hall–Kier alpha value is -5.11. The number of carbonyl (C=O) groups excluding carboxylic acids is 2. The van der Waals surface area contributed by atoms with Gasteiger partial charge in [-0.25, -0.2) is 20.0 Å². The molecule has 0 aliphatic carbocycles. The molecule has 1 amide bonds. The van der Waals surface area contributed by atoms with Crippen molar-refractivity contribution in [1.82, 2.24) is 5.43 Å². The molecule has 40 heavy (non-hydrogen) atoms. The zero-order valence-electron chi connectivity index (χ0n) is 22.4. The van der Waals surface area contributed by atoms with Gasteiger partial charge in [-0.05, 0) is 53.4 Å². The van der Waals surface area contributed by atoms with Gasteiger partial charge in [0.2, 0.25) is 5.90 Å². The molecular weight excluding hydrogens is 506 g/mol. The second-order valence-electron chi connectivity index (χ2n) is 9.43. The van der Waals surface area contributed by atoms with E-state index in [2.05, 4.69) is 27.7 Å². The van der Waals surface area contributed by atoms with Crippen LogP contribution in [0.1, 0.15) is 22.3 Å². The van der Waals surface area contributed by atoms with Gasteiger partial charge in [0, 0.05) is 12.0 Å². The quantitative estimate of drug-likeness (QED) is 0.219. The van der Waals surface area contributed by atoms with Crippen LogP contribution in [0.5, 0.6) is 5.75 Å². The number of benzene rings is 4. The van der Waals surface area contributed by atoms with Crippen LogP contribution in [0.25, 0.3) is 11.1 Å². The summed E-state index contributed by atoms with van der Waals surface area (Å²) in [7, 11) is 2.77. The molecule has 0 radical (unpaired) electrons. The molecular formula is C32H29N3O5. The number of nitrogens with zero attached hydrogens (tertiary/aromatic N) is 1. The number of cyclic esters (lactones) is 1. The molecule has 0 saturated heterocycles. The summed E-state index contributed by atoms with van der Waals surface area (Å²) in [5.74, 6) is 0.185. The lowest BCUT2D eigenvalue weighted by atomic mass is 9.84. The minimum Gasteiger partial charge on any atom is -0.495 e. The molecule has 8 nitrogen and oxygen atoms in total. The van der Waals surface area contributed by atoms with E-state index >= 15 is 0 Å².